The summed E-state index contributed by atoms with van der Waals surface area (Å²) in [6.07, 6.45) is 0. The number of carboxylic acid groups (broad SMARTS) is 1. The zero-order valence-corrected chi connectivity index (χ0v) is 11.7. The Morgan fingerprint density at radius 2 is 2.26 bits per heavy atom. The van der Waals surface area contributed by atoms with Gasteiger partial charge in [-0.2, -0.15) is 4.37 Å². The number of hydrogen-bond acceptors (Lipinski definition) is 4. The quantitative estimate of drug-likeness (QED) is 0.881. The molecule has 2 rings (SSSR count). The molecule has 4 nitrogen and oxygen atoms in total. The Bertz CT molecular complexity index is 580. The van der Waals surface area contributed by atoms with Gasteiger partial charge in [0.1, 0.15) is 6.04 Å². The van der Waals surface area contributed by atoms with E-state index in [-0.39, 0.29) is 0 Å². The van der Waals surface area contributed by atoms with E-state index >= 15 is 0 Å². The van der Waals surface area contributed by atoms with Gasteiger partial charge in [0.05, 0.1) is 5.69 Å². The third-order valence-electron chi connectivity index (χ3n) is 2.97. The monoisotopic (exact) mass is 276 g/mol. The minimum atomic E-state index is -0.869. The molecule has 0 bridgehead atoms. The highest BCUT2D eigenvalue weighted by molar-refractivity contribution is 7.03. The maximum absolute atomic E-state index is 11.4. The third-order valence-corrected chi connectivity index (χ3v) is 3.74. The second-order valence-corrected chi connectivity index (χ2v) is 5.12. The predicted molar refractivity (Wildman–Crippen MR) is 75.2 cm³/mol. The van der Waals surface area contributed by atoms with Crippen molar-refractivity contribution >= 4 is 17.5 Å². The molecule has 2 N–H and O–H groups in total. The van der Waals surface area contributed by atoms with Crippen molar-refractivity contribution in [3.05, 3.63) is 52.0 Å². The van der Waals surface area contributed by atoms with E-state index < -0.39 is 12.0 Å². The molecule has 1 aromatic carbocycles. The van der Waals surface area contributed by atoms with Gasteiger partial charge in [-0.05, 0) is 36.5 Å². The number of rotatable bonds is 5. The lowest BCUT2D eigenvalue weighted by molar-refractivity contribution is -0.139. The molecule has 1 unspecified atom stereocenters. The van der Waals surface area contributed by atoms with Crippen LogP contribution in [0.4, 0.5) is 0 Å². The summed E-state index contributed by atoms with van der Waals surface area (Å²) in [7, 11) is 0. The molecular weight excluding hydrogens is 260 g/mol. The molecule has 0 saturated heterocycles. The first-order valence-electron chi connectivity index (χ1n) is 6.00. The second kappa shape index (κ2) is 5.95. The Morgan fingerprint density at radius 3 is 2.84 bits per heavy atom. The van der Waals surface area contributed by atoms with Crippen LogP contribution in [-0.4, -0.2) is 15.4 Å². The van der Waals surface area contributed by atoms with Gasteiger partial charge in [0.2, 0.25) is 0 Å². The summed E-state index contributed by atoms with van der Waals surface area (Å²) in [5, 5.41) is 14.4. The van der Waals surface area contributed by atoms with Gasteiger partial charge >= 0.3 is 5.97 Å². The highest BCUT2D eigenvalue weighted by Crippen LogP contribution is 2.17. The average Bonchev–Trinajstić information content (AvgIpc) is 2.75. The zero-order valence-electron chi connectivity index (χ0n) is 10.9. The molecule has 5 heteroatoms. The molecule has 1 aromatic heterocycles. The lowest BCUT2D eigenvalue weighted by Gasteiger charge is -2.15. The van der Waals surface area contributed by atoms with Crippen LogP contribution < -0.4 is 5.32 Å². The molecule has 0 aliphatic heterocycles. The van der Waals surface area contributed by atoms with Crippen molar-refractivity contribution < 1.29 is 9.90 Å². The Morgan fingerprint density at radius 1 is 1.47 bits per heavy atom. The van der Waals surface area contributed by atoms with Gasteiger partial charge in [-0.3, -0.25) is 10.1 Å². The van der Waals surface area contributed by atoms with Crippen LogP contribution >= 0.6 is 11.5 Å². The largest absolute Gasteiger partial charge is 0.480 e. The standard InChI is InChI=1S/C14H16N2O2S/c1-9-4-3-5-11(6-9)13(14(17)18)15-7-12-8-19-16-10(12)2/h3-6,8,13,15H,7H2,1-2H3,(H,17,18). The van der Waals surface area contributed by atoms with Crippen molar-refractivity contribution in [2.24, 2.45) is 0 Å². The van der Waals surface area contributed by atoms with Crippen molar-refractivity contribution in [1.82, 2.24) is 9.69 Å². The van der Waals surface area contributed by atoms with E-state index in [1.165, 1.54) is 11.5 Å². The normalized spacial score (nSPS) is 12.3. The lowest BCUT2D eigenvalue weighted by Crippen LogP contribution is -2.28. The minimum absolute atomic E-state index is 0.507. The average molecular weight is 276 g/mol. The van der Waals surface area contributed by atoms with Crippen LogP contribution in [0.25, 0.3) is 0 Å². The number of aryl methyl sites for hydroxylation is 2. The zero-order chi connectivity index (χ0) is 13.8. The van der Waals surface area contributed by atoms with E-state index in [1.807, 2.05) is 43.5 Å². The molecule has 0 aliphatic carbocycles. The van der Waals surface area contributed by atoms with Crippen molar-refractivity contribution in [2.75, 3.05) is 0 Å². The molecule has 0 radical (unpaired) electrons. The van der Waals surface area contributed by atoms with Crippen molar-refractivity contribution in [3.8, 4) is 0 Å². The van der Waals surface area contributed by atoms with Gasteiger partial charge in [-0.15, -0.1) is 0 Å². The maximum atomic E-state index is 11.4. The number of nitrogens with one attached hydrogen (secondary N) is 1. The van der Waals surface area contributed by atoms with E-state index in [0.717, 1.165) is 22.4 Å². The molecule has 0 saturated carbocycles. The summed E-state index contributed by atoms with van der Waals surface area (Å²) >= 11 is 1.39. The first-order valence-corrected chi connectivity index (χ1v) is 6.84. The molecule has 2 aromatic rings. The Labute approximate surface area is 116 Å². The van der Waals surface area contributed by atoms with Crippen LogP contribution in [0, 0.1) is 13.8 Å². The lowest BCUT2D eigenvalue weighted by atomic mass is 10.0. The van der Waals surface area contributed by atoms with Gasteiger partial charge in [0, 0.05) is 11.9 Å². The number of benzene rings is 1. The summed E-state index contributed by atoms with van der Waals surface area (Å²) in [6.45, 7) is 4.39. The van der Waals surface area contributed by atoms with Gasteiger partial charge in [0.25, 0.3) is 0 Å². The van der Waals surface area contributed by atoms with Crippen LogP contribution in [0.2, 0.25) is 0 Å². The second-order valence-electron chi connectivity index (χ2n) is 4.49. The number of carboxylic acids is 1. The topological polar surface area (TPSA) is 62.2 Å². The van der Waals surface area contributed by atoms with Crippen LogP contribution in [0.1, 0.15) is 28.4 Å². The van der Waals surface area contributed by atoms with E-state index in [2.05, 4.69) is 9.69 Å². The van der Waals surface area contributed by atoms with E-state index in [9.17, 15) is 9.90 Å². The van der Waals surface area contributed by atoms with E-state index in [1.54, 1.807) is 0 Å². The number of aliphatic carboxylic acids is 1. The fourth-order valence-electron chi connectivity index (χ4n) is 1.89. The molecule has 0 aliphatic rings. The van der Waals surface area contributed by atoms with Gasteiger partial charge in [-0.25, -0.2) is 0 Å². The molecular formula is C14H16N2O2S. The minimum Gasteiger partial charge on any atom is -0.480 e. The molecule has 1 heterocycles. The number of aromatic nitrogens is 1. The molecule has 0 amide bonds. The van der Waals surface area contributed by atoms with Crippen molar-refractivity contribution in [2.45, 2.75) is 26.4 Å². The molecule has 0 spiro atoms. The van der Waals surface area contributed by atoms with E-state index in [4.69, 9.17) is 0 Å². The van der Waals surface area contributed by atoms with Gasteiger partial charge in [0.15, 0.2) is 0 Å². The number of carbonyl (C=O) groups is 1. The van der Waals surface area contributed by atoms with Crippen molar-refractivity contribution in [1.29, 1.82) is 0 Å². The Hall–Kier alpha value is -1.72. The van der Waals surface area contributed by atoms with Crippen molar-refractivity contribution in [3.63, 3.8) is 0 Å². The fourth-order valence-corrected chi connectivity index (χ4v) is 2.60. The summed E-state index contributed by atoms with van der Waals surface area (Å²) in [5.41, 5.74) is 3.82. The number of nitrogens with zero attached hydrogens (tertiary/aromatic N) is 1. The van der Waals surface area contributed by atoms with Crippen LogP contribution in [0.5, 0.6) is 0 Å². The van der Waals surface area contributed by atoms with E-state index in [0.29, 0.717) is 6.54 Å². The first-order chi connectivity index (χ1) is 9.08. The predicted octanol–water partition coefficient (Wildman–Crippen LogP) is 2.68. The Kier molecular flexibility index (Phi) is 4.29. The number of hydrogen-bond donors (Lipinski definition) is 2. The SMILES string of the molecule is Cc1cccc(C(NCc2csnc2C)C(=O)O)c1. The van der Waals surface area contributed by atoms with Gasteiger partial charge < -0.3 is 5.11 Å². The maximum Gasteiger partial charge on any atom is 0.325 e. The van der Waals surface area contributed by atoms with Gasteiger partial charge in [-0.1, -0.05) is 29.8 Å². The summed E-state index contributed by atoms with van der Waals surface area (Å²) in [6, 6.07) is 6.86. The third kappa shape index (κ3) is 3.39. The smallest absolute Gasteiger partial charge is 0.325 e. The Balaban J connectivity index is 2.13. The summed E-state index contributed by atoms with van der Waals surface area (Å²) < 4.78 is 4.18. The van der Waals surface area contributed by atoms with Crippen LogP contribution in [-0.2, 0) is 11.3 Å². The molecule has 19 heavy (non-hydrogen) atoms. The fraction of sp³-hybridized carbons (Fsp3) is 0.286. The highest BCUT2D eigenvalue weighted by Gasteiger charge is 2.19. The highest BCUT2D eigenvalue weighted by atomic mass is 32.1. The van der Waals surface area contributed by atoms with Crippen LogP contribution in [0.15, 0.2) is 29.6 Å². The molecule has 0 fully saturated rings. The van der Waals surface area contributed by atoms with Crippen LogP contribution in [0.3, 0.4) is 0 Å². The first kappa shape index (κ1) is 13.7. The summed E-state index contributed by atoms with van der Waals surface area (Å²) in [5.74, 6) is -0.869. The molecule has 1 atom stereocenters. The molecule has 100 valence electrons. The summed E-state index contributed by atoms with van der Waals surface area (Å²) in [4.78, 5) is 11.4.